The Morgan fingerprint density at radius 3 is 2.61 bits per heavy atom. The highest BCUT2D eigenvalue weighted by atomic mass is 16.5. The molecule has 0 aromatic rings. The molecule has 0 amide bonds. The summed E-state index contributed by atoms with van der Waals surface area (Å²) in [6.45, 7) is 7.18. The highest BCUT2D eigenvalue weighted by Gasteiger charge is 2.32. The van der Waals surface area contributed by atoms with Gasteiger partial charge in [-0.25, -0.2) is 0 Å². The third kappa shape index (κ3) is 2.87. The van der Waals surface area contributed by atoms with Gasteiger partial charge in [-0.3, -0.25) is 0 Å². The molecule has 0 fully saturated rings. The van der Waals surface area contributed by atoms with E-state index in [1.807, 2.05) is 0 Å². The molecule has 0 aromatic carbocycles. The zero-order valence-corrected chi connectivity index (χ0v) is 12.7. The second-order valence-electron chi connectivity index (χ2n) is 7.15. The van der Waals surface area contributed by atoms with E-state index in [0.717, 1.165) is 12.3 Å². The van der Waals surface area contributed by atoms with Crippen molar-refractivity contribution < 1.29 is 4.74 Å². The van der Waals surface area contributed by atoms with Crippen LogP contribution < -0.4 is 0 Å². The van der Waals surface area contributed by atoms with Gasteiger partial charge in [0.2, 0.25) is 0 Å². The Hall–Kier alpha value is -0.590. The van der Waals surface area contributed by atoms with Crippen molar-refractivity contribution in [2.24, 2.45) is 11.3 Å². The lowest BCUT2D eigenvalue weighted by atomic mass is 9.63. The van der Waals surface area contributed by atoms with Gasteiger partial charge in [-0.1, -0.05) is 32.9 Å². The molecule has 0 aromatic heterocycles. The van der Waals surface area contributed by atoms with Crippen LogP contribution in [0.5, 0.6) is 0 Å². The summed E-state index contributed by atoms with van der Waals surface area (Å²) >= 11 is 0. The largest absolute Gasteiger partial charge is 0.506 e. The lowest BCUT2D eigenvalue weighted by Crippen LogP contribution is -2.34. The molecule has 2 rings (SSSR count). The normalized spacial score (nSPS) is 31.6. The Kier molecular flexibility index (Phi) is 3.71. The van der Waals surface area contributed by atoms with Crippen molar-refractivity contribution in [3.05, 3.63) is 23.5 Å². The van der Waals surface area contributed by atoms with Crippen molar-refractivity contribution >= 4 is 15.7 Å². The van der Waals surface area contributed by atoms with Crippen LogP contribution in [0.4, 0.5) is 0 Å². The standard InChI is InChI=1S/C15H26B2O/c1-11(2)14(3)8-4-5-12-6-10-15(16,17)18-13(12)7-9-14/h6,10-11H,4-5,7-9,16-17H2,1-3H3. The molecule has 0 radical (unpaired) electrons. The molecule has 2 aliphatic rings. The van der Waals surface area contributed by atoms with Crippen LogP contribution in [0.25, 0.3) is 0 Å². The molecule has 1 heterocycles. The van der Waals surface area contributed by atoms with Gasteiger partial charge in [0.05, 0.1) is 11.2 Å². The predicted molar refractivity (Wildman–Crippen MR) is 83.1 cm³/mol. The van der Waals surface area contributed by atoms with E-state index in [2.05, 4.69) is 48.6 Å². The van der Waals surface area contributed by atoms with Crippen molar-refractivity contribution in [1.29, 1.82) is 0 Å². The highest BCUT2D eigenvalue weighted by molar-refractivity contribution is 6.40. The molecule has 1 nitrogen and oxygen atoms in total. The summed E-state index contributed by atoms with van der Waals surface area (Å²) in [5, 5.41) is -0.119. The van der Waals surface area contributed by atoms with E-state index in [1.54, 1.807) is 0 Å². The maximum absolute atomic E-state index is 6.18. The van der Waals surface area contributed by atoms with E-state index in [-0.39, 0.29) is 5.40 Å². The van der Waals surface area contributed by atoms with Crippen molar-refractivity contribution in [2.75, 3.05) is 0 Å². The van der Waals surface area contributed by atoms with Gasteiger partial charge in [0.25, 0.3) is 0 Å². The van der Waals surface area contributed by atoms with Crippen LogP contribution in [0.2, 0.25) is 0 Å². The summed E-state index contributed by atoms with van der Waals surface area (Å²) in [4.78, 5) is 0. The predicted octanol–water partition coefficient (Wildman–Crippen LogP) is 2.37. The van der Waals surface area contributed by atoms with Crippen molar-refractivity contribution in [3.63, 3.8) is 0 Å². The molecule has 0 bridgehead atoms. The van der Waals surface area contributed by atoms with Crippen LogP contribution in [0.15, 0.2) is 23.5 Å². The van der Waals surface area contributed by atoms with Gasteiger partial charge in [0.1, 0.15) is 0 Å². The second-order valence-corrected chi connectivity index (χ2v) is 7.15. The van der Waals surface area contributed by atoms with Crippen molar-refractivity contribution in [2.45, 2.75) is 58.3 Å². The first-order valence-electron chi connectivity index (χ1n) is 7.43. The van der Waals surface area contributed by atoms with Crippen LogP contribution in [0, 0.1) is 11.3 Å². The van der Waals surface area contributed by atoms with E-state index < -0.39 is 0 Å². The molecular formula is C15H26B2O. The van der Waals surface area contributed by atoms with Gasteiger partial charge in [0.15, 0.2) is 15.7 Å². The van der Waals surface area contributed by atoms with Crippen molar-refractivity contribution in [3.8, 4) is 0 Å². The Balaban J connectivity index is 2.16. The van der Waals surface area contributed by atoms with Crippen LogP contribution >= 0.6 is 0 Å². The lowest BCUT2D eigenvalue weighted by Gasteiger charge is -2.38. The molecule has 0 N–H and O–H groups in total. The molecule has 0 saturated carbocycles. The Morgan fingerprint density at radius 1 is 1.22 bits per heavy atom. The number of rotatable bonds is 1. The van der Waals surface area contributed by atoms with E-state index in [0.29, 0.717) is 5.41 Å². The molecule has 1 unspecified atom stereocenters. The van der Waals surface area contributed by atoms with Gasteiger partial charge in [-0.2, -0.15) is 0 Å². The SMILES string of the molecule is BC1(B)C=CC2=C(CCC(C)(C(C)C)CCC2)O1. The fraction of sp³-hybridized carbons (Fsp3) is 0.733. The lowest BCUT2D eigenvalue weighted by molar-refractivity contribution is 0.125. The molecule has 18 heavy (non-hydrogen) atoms. The summed E-state index contributed by atoms with van der Waals surface area (Å²) < 4.78 is 6.18. The monoisotopic (exact) mass is 244 g/mol. The van der Waals surface area contributed by atoms with E-state index in [1.165, 1.54) is 37.0 Å². The Bertz CT molecular complexity index is 382. The van der Waals surface area contributed by atoms with Gasteiger partial charge in [-0.15, -0.1) is 0 Å². The van der Waals surface area contributed by atoms with Gasteiger partial charge in [-0.05, 0) is 42.6 Å². The van der Waals surface area contributed by atoms with Crippen LogP contribution in [-0.2, 0) is 4.74 Å². The second kappa shape index (κ2) is 4.83. The molecule has 0 saturated heterocycles. The highest BCUT2D eigenvalue weighted by Crippen LogP contribution is 2.42. The number of hydrogen-bond acceptors (Lipinski definition) is 1. The third-order valence-corrected chi connectivity index (χ3v) is 4.94. The first-order chi connectivity index (χ1) is 8.32. The summed E-state index contributed by atoms with van der Waals surface area (Å²) in [6, 6.07) is 0. The minimum absolute atomic E-state index is 0.119. The van der Waals surface area contributed by atoms with E-state index in [9.17, 15) is 0 Å². The van der Waals surface area contributed by atoms with E-state index in [4.69, 9.17) is 4.74 Å². The zero-order chi connectivity index (χ0) is 13.4. The van der Waals surface area contributed by atoms with Crippen LogP contribution in [0.1, 0.15) is 52.9 Å². The quantitative estimate of drug-likeness (QED) is 0.643. The summed E-state index contributed by atoms with van der Waals surface area (Å²) in [7, 11) is 4.29. The fourth-order valence-corrected chi connectivity index (χ4v) is 3.03. The first-order valence-corrected chi connectivity index (χ1v) is 7.43. The maximum Gasteiger partial charge on any atom is 0.151 e. The van der Waals surface area contributed by atoms with Crippen LogP contribution in [0.3, 0.4) is 0 Å². The topological polar surface area (TPSA) is 9.23 Å². The van der Waals surface area contributed by atoms with Gasteiger partial charge < -0.3 is 4.74 Å². The molecule has 3 heteroatoms. The summed E-state index contributed by atoms with van der Waals surface area (Å²) in [5.74, 6) is 2.01. The third-order valence-electron chi connectivity index (χ3n) is 4.94. The zero-order valence-electron chi connectivity index (χ0n) is 12.7. The number of hydrogen-bond donors (Lipinski definition) is 0. The smallest absolute Gasteiger partial charge is 0.151 e. The molecular weight excluding hydrogens is 218 g/mol. The minimum Gasteiger partial charge on any atom is -0.506 e. The Labute approximate surface area is 114 Å². The van der Waals surface area contributed by atoms with Gasteiger partial charge >= 0.3 is 0 Å². The van der Waals surface area contributed by atoms with Crippen LogP contribution in [-0.4, -0.2) is 21.1 Å². The fourth-order valence-electron chi connectivity index (χ4n) is 3.03. The number of ether oxygens (including phenoxy) is 1. The Morgan fingerprint density at radius 2 is 1.94 bits per heavy atom. The minimum atomic E-state index is -0.119. The molecule has 98 valence electrons. The first kappa shape index (κ1) is 13.8. The molecule has 1 atom stereocenters. The summed E-state index contributed by atoms with van der Waals surface area (Å²) in [5.41, 5.74) is 1.92. The molecule has 1 aliphatic carbocycles. The maximum atomic E-state index is 6.18. The van der Waals surface area contributed by atoms with Crippen molar-refractivity contribution in [1.82, 2.24) is 0 Å². The average Bonchev–Trinajstić information content (AvgIpc) is 2.26. The average molecular weight is 244 g/mol. The van der Waals surface area contributed by atoms with Gasteiger partial charge in [0, 0.05) is 6.42 Å². The molecule has 1 aliphatic heterocycles. The molecule has 0 spiro atoms. The summed E-state index contributed by atoms with van der Waals surface area (Å²) in [6.07, 6.45) is 10.7. The number of allylic oxidation sites excluding steroid dienone is 3. The van der Waals surface area contributed by atoms with E-state index >= 15 is 0 Å².